The van der Waals surface area contributed by atoms with Crippen LogP contribution >= 0.6 is 0 Å². The molecule has 1 heterocycles. The molecule has 0 aromatic carbocycles. The van der Waals surface area contributed by atoms with E-state index in [4.69, 9.17) is 4.74 Å². The first-order chi connectivity index (χ1) is 12.4. The first-order valence-corrected chi connectivity index (χ1v) is 9.10. The molecule has 1 atom stereocenters. The molecule has 0 bridgehead atoms. The van der Waals surface area contributed by atoms with Crippen molar-refractivity contribution in [2.75, 3.05) is 5.32 Å². The number of hydrogen-bond acceptors (Lipinski definition) is 4. The van der Waals surface area contributed by atoms with Crippen LogP contribution in [0.1, 0.15) is 52.9 Å². The molecule has 1 aromatic heterocycles. The molecule has 1 saturated carbocycles. The molecule has 0 radical (unpaired) electrons. The molecule has 0 saturated heterocycles. The number of alkyl carbamates (subject to hydrolysis) is 1. The summed E-state index contributed by atoms with van der Waals surface area (Å²) in [6.07, 6.45) is 2.94. The minimum atomic E-state index is -2.64. The number of carbonyl (C=O) groups excluding carboxylic acids is 2. The van der Waals surface area contributed by atoms with Gasteiger partial charge in [-0.2, -0.15) is 5.10 Å². The van der Waals surface area contributed by atoms with E-state index in [0.717, 1.165) is 0 Å². The van der Waals surface area contributed by atoms with Gasteiger partial charge in [-0.25, -0.2) is 13.6 Å². The number of aryl methyl sites for hydroxylation is 1. The number of nitrogens with one attached hydrogen (secondary N) is 2. The number of nitrogens with zero attached hydrogens (tertiary/aromatic N) is 2. The van der Waals surface area contributed by atoms with E-state index in [9.17, 15) is 18.4 Å². The predicted octanol–water partition coefficient (Wildman–Crippen LogP) is 3.47. The number of aromatic nitrogens is 2. The van der Waals surface area contributed by atoms with Crippen LogP contribution in [0, 0.1) is 5.92 Å². The summed E-state index contributed by atoms with van der Waals surface area (Å²) in [7, 11) is 1.72. The molecule has 9 heteroatoms. The molecule has 2 rings (SSSR count). The van der Waals surface area contributed by atoms with E-state index in [0.29, 0.717) is 18.5 Å². The quantitative estimate of drug-likeness (QED) is 0.811. The van der Waals surface area contributed by atoms with Crippen LogP contribution in [0.3, 0.4) is 0 Å². The molecule has 2 amide bonds. The second kappa shape index (κ2) is 8.22. The van der Waals surface area contributed by atoms with Crippen LogP contribution in [0.15, 0.2) is 12.4 Å². The lowest BCUT2D eigenvalue weighted by molar-refractivity contribution is -0.118. The Morgan fingerprint density at radius 2 is 2.00 bits per heavy atom. The highest BCUT2D eigenvalue weighted by Gasteiger charge is 2.37. The van der Waals surface area contributed by atoms with E-state index in [2.05, 4.69) is 15.7 Å². The number of hydrogen-bond donors (Lipinski definition) is 2. The number of rotatable bonds is 5. The zero-order valence-electron chi connectivity index (χ0n) is 16.2. The van der Waals surface area contributed by atoms with Crippen LogP contribution in [0.4, 0.5) is 19.3 Å². The second-order valence-corrected chi connectivity index (χ2v) is 8.13. The fourth-order valence-electron chi connectivity index (χ4n) is 3.07. The Hall–Kier alpha value is -2.19. The standard InChI is InChI=1S/C18H28F2N4O3/c1-17(2,3)27-16(26)23-14(9-12-5-7-18(19,20)8-6-12)15(25)22-13-10-21-24(4)11-13/h10-12,14H,5-9H2,1-4H3,(H,22,25)(H,23,26)/t14-/m0/s1. The lowest BCUT2D eigenvalue weighted by Gasteiger charge is -2.31. The topological polar surface area (TPSA) is 85.2 Å². The van der Waals surface area contributed by atoms with Crippen LogP contribution < -0.4 is 10.6 Å². The molecule has 152 valence electrons. The van der Waals surface area contributed by atoms with Crippen molar-refractivity contribution in [1.29, 1.82) is 0 Å². The number of alkyl halides is 2. The van der Waals surface area contributed by atoms with Gasteiger partial charge in [-0.1, -0.05) is 0 Å². The molecule has 2 N–H and O–H groups in total. The smallest absolute Gasteiger partial charge is 0.408 e. The van der Waals surface area contributed by atoms with Crippen molar-refractivity contribution in [3.05, 3.63) is 12.4 Å². The molecular weight excluding hydrogens is 358 g/mol. The van der Waals surface area contributed by atoms with Gasteiger partial charge in [-0.05, 0) is 46.0 Å². The van der Waals surface area contributed by atoms with E-state index in [1.807, 2.05) is 0 Å². The van der Waals surface area contributed by atoms with Gasteiger partial charge in [0.2, 0.25) is 11.8 Å². The van der Waals surface area contributed by atoms with Gasteiger partial charge in [0.15, 0.2) is 0 Å². The third kappa shape index (κ3) is 7.15. The van der Waals surface area contributed by atoms with Crippen molar-refractivity contribution in [1.82, 2.24) is 15.1 Å². The van der Waals surface area contributed by atoms with Gasteiger partial charge < -0.3 is 15.4 Å². The second-order valence-electron chi connectivity index (χ2n) is 8.13. The maximum absolute atomic E-state index is 13.4. The first kappa shape index (κ1) is 21.1. The highest BCUT2D eigenvalue weighted by Crippen LogP contribution is 2.37. The van der Waals surface area contributed by atoms with Crippen molar-refractivity contribution < 1.29 is 23.1 Å². The summed E-state index contributed by atoms with van der Waals surface area (Å²) in [5, 5.41) is 9.25. The molecule has 0 aliphatic heterocycles. The number of ether oxygens (including phenoxy) is 1. The Morgan fingerprint density at radius 3 is 2.52 bits per heavy atom. The Labute approximate surface area is 157 Å². The minimum Gasteiger partial charge on any atom is -0.444 e. The Kier molecular flexibility index (Phi) is 6.43. The highest BCUT2D eigenvalue weighted by atomic mass is 19.3. The Balaban J connectivity index is 2.03. The summed E-state index contributed by atoms with van der Waals surface area (Å²) in [5.74, 6) is -3.13. The molecule has 0 unspecified atom stereocenters. The zero-order chi connectivity index (χ0) is 20.2. The van der Waals surface area contributed by atoms with Crippen LogP contribution in [-0.2, 0) is 16.6 Å². The normalized spacial score (nSPS) is 18.6. The van der Waals surface area contributed by atoms with Crippen molar-refractivity contribution in [3.8, 4) is 0 Å². The van der Waals surface area contributed by atoms with Gasteiger partial charge in [0.05, 0.1) is 11.9 Å². The molecule has 7 nitrogen and oxygen atoms in total. The number of carbonyl (C=O) groups is 2. The van der Waals surface area contributed by atoms with Crippen molar-refractivity contribution in [2.45, 2.75) is 70.4 Å². The number of amides is 2. The van der Waals surface area contributed by atoms with E-state index < -0.39 is 29.6 Å². The van der Waals surface area contributed by atoms with Gasteiger partial charge in [0, 0.05) is 26.1 Å². The zero-order valence-corrected chi connectivity index (χ0v) is 16.2. The number of halogens is 2. The fourth-order valence-corrected chi connectivity index (χ4v) is 3.07. The van der Waals surface area contributed by atoms with Gasteiger partial charge >= 0.3 is 6.09 Å². The van der Waals surface area contributed by atoms with Crippen LogP contribution in [0.2, 0.25) is 0 Å². The van der Waals surface area contributed by atoms with Gasteiger partial charge in [-0.3, -0.25) is 9.48 Å². The Morgan fingerprint density at radius 1 is 1.37 bits per heavy atom. The molecule has 1 aromatic rings. The summed E-state index contributed by atoms with van der Waals surface area (Å²) in [6, 6.07) is -0.878. The van der Waals surface area contributed by atoms with Crippen molar-refractivity contribution in [3.63, 3.8) is 0 Å². The van der Waals surface area contributed by atoms with Crippen LogP contribution in [0.5, 0.6) is 0 Å². The predicted molar refractivity (Wildman–Crippen MR) is 96.5 cm³/mol. The molecule has 1 fully saturated rings. The summed E-state index contributed by atoms with van der Waals surface area (Å²) in [5.41, 5.74) is -0.213. The Bertz CT molecular complexity index is 660. The molecule has 0 spiro atoms. The molecular formula is C18H28F2N4O3. The lowest BCUT2D eigenvalue weighted by atomic mass is 9.83. The first-order valence-electron chi connectivity index (χ1n) is 9.10. The van der Waals surface area contributed by atoms with Crippen LogP contribution in [0.25, 0.3) is 0 Å². The monoisotopic (exact) mass is 386 g/mol. The number of anilines is 1. The summed E-state index contributed by atoms with van der Waals surface area (Å²) < 4.78 is 33.5. The average Bonchev–Trinajstić information content (AvgIpc) is 2.91. The van der Waals surface area contributed by atoms with Crippen molar-refractivity contribution >= 4 is 17.7 Å². The van der Waals surface area contributed by atoms with Gasteiger partial charge in [0.25, 0.3) is 0 Å². The van der Waals surface area contributed by atoms with Crippen molar-refractivity contribution in [2.24, 2.45) is 13.0 Å². The molecule has 1 aliphatic carbocycles. The minimum absolute atomic E-state index is 0.0655. The summed E-state index contributed by atoms with van der Waals surface area (Å²) in [4.78, 5) is 24.8. The van der Waals surface area contributed by atoms with E-state index >= 15 is 0 Å². The average molecular weight is 386 g/mol. The van der Waals surface area contributed by atoms with Crippen LogP contribution in [-0.4, -0.2) is 39.3 Å². The van der Waals surface area contributed by atoms with Gasteiger partial charge in [0.1, 0.15) is 11.6 Å². The molecule has 27 heavy (non-hydrogen) atoms. The van der Waals surface area contributed by atoms with E-state index in [1.165, 1.54) is 10.9 Å². The van der Waals surface area contributed by atoms with E-state index in [-0.39, 0.29) is 25.2 Å². The SMILES string of the molecule is Cn1cc(NC(=O)[C@H](CC2CCC(F)(F)CC2)NC(=O)OC(C)(C)C)cn1. The third-order valence-electron chi connectivity index (χ3n) is 4.39. The summed E-state index contributed by atoms with van der Waals surface area (Å²) in [6.45, 7) is 5.17. The fraction of sp³-hybridized carbons (Fsp3) is 0.722. The van der Waals surface area contributed by atoms with E-state index in [1.54, 1.807) is 34.0 Å². The third-order valence-corrected chi connectivity index (χ3v) is 4.39. The highest BCUT2D eigenvalue weighted by molar-refractivity contribution is 5.96. The lowest BCUT2D eigenvalue weighted by Crippen LogP contribution is -2.47. The maximum atomic E-state index is 13.4. The van der Waals surface area contributed by atoms with Gasteiger partial charge in [-0.15, -0.1) is 0 Å². The maximum Gasteiger partial charge on any atom is 0.408 e. The molecule has 1 aliphatic rings. The largest absolute Gasteiger partial charge is 0.444 e. The summed E-state index contributed by atoms with van der Waals surface area (Å²) >= 11 is 0.